The van der Waals surface area contributed by atoms with Gasteiger partial charge in [0.2, 0.25) is 5.78 Å². The number of hydrogen-bond donors (Lipinski definition) is 0. The van der Waals surface area contributed by atoms with Gasteiger partial charge in [0.1, 0.15) is 0 Å². The average molecular weight is 271 g/mol. The number of amides is 1. The lowest BCUT2D eigenvalue weighted by atomic mass is 10.1. The van der Waals surface area contributed by atoms with Gasteiger partial charge in [0, 0.05) is 18.7 Å². The molecule has 20 heavy (non-hydrogen) atoms. The van der Waals surface area contributed by atoms with Crippen LogP contribution >= 0.6 is 0 Å². The maximum atomic E-state index is 12.2. The second kappa shape index (κ2) is 6.19. The number of rotatable bonds is 5. The number of benzene rings is 1. The van der Waals surface area contributed by atoms with Crippen molar-refractivity contribution in [3.8, 4) is 0 Å². The van der Waals surface area contributed by atoms with Gasteiger partial charge < -0.3 is 9.32 Å². The van der Waals surface area contributed by atoms with Crippen LogP contribution < -0.4 is 0 Å². The zero-order valence-corrected chi connectivity index (χ0v) is 11.6. The Morgan fingerprint density at radius 3 is 2.15 bits per heavy atom. The fraction of sp³-hybridized carbons (Fsp3) is 0.250. The van der Waals surface area contributed by atoms with Gasteiger partial charge in [-0.05, 0) is 26.0 Å². The molecule has 1 aromatic heterocycles. The SMILES string of the molecule is CCN(CC)C(=O)c1ccc(C(=O)c2ccccc2)o1. The van der Waals surface area contributed by atoms with Crippen LogP contribution in [0, 0.1) is 0 Å². The van der Waals surface area contributed by atoms with Crippen molar-refractivity contribution < 1.29 is 14.0 Å². The van der Waals surface area contributed by atoms with E-state index in [2.05, 4.69) is 0 Å². The lowest BCUT2D eigenvalue weighted by Gasteiger charge is -2.16. The van der Waals surface area contributed by atoms with Crippen molar-refractivity contribution in [3.05, 3.63) is 59.5 Å². The van der Waals surface area contributed by atoms with E-state index >= 15 is 0 Å². The number of furan rings is 1. The first kappa shape index (κ1) is 14.1. The highest BCUT2D eigenvalue weighted by Gasteiger charge is 2.19. The van der Waals surface area contributed by atoms with Crippen LogP contribution in [0.4, 0.5) is 0 Å². The number of carbonyl (C=O) groups excluding carboxylic acids is 2. The lowest BCUT2D eigenvalue weighted by Crippen LogP contribution is -2.30. The van der Waals surface area contributed by atoms with Gasteiger partial charge in [0.25, 0.3) is 5.91 Å². The second-order valence-corrected chi connectivity index (χ2v) is 4.34. The highest BCUT2D eigenvalue weighted by atomic mass is 16.4. The summed E-state index contributed by atoms with van der Waals surface area (Å²) in [5, 5.41) is 0. The summed E-state index contributed by atoms with van der Waals surface area (Å²) in [7, 11) is 0. The third kappa shape index (κ3) is 2.79. The van der Waals surface area contributed by atoms with Crippen molar-refractivity contribution in [2.75, 3.05) is 13.1 Å². The van der Waals surface area contributed by atoms with Crippen LogP contribution in [0.3, 0.4) is 0 Å². The molecule has 0 bridgehead atoms. The van der Waals surface area contributed by atoms with Crippen molar-refractivity contribution in [3.63, 3.8) is 0 Å². The van der Waals surface area contributed by atoms with Gasteiger partial charge in [-0.15, -0.1) is 0 Å². The molecule has 0 aliphatic heterocycles. The Bertz CT molecular complexity index is 597. The van der Waals surface area contributed by atoms with Crippen molar-refractivity contribution in [2.24, 2.45) is 0 Å². The molecule has 4 heteroatoms. The van der Waals surface area contributed by atoms with E-state index < -0.39 is 0 Å². The Hall–Kier alpha value is -2.36. The summed E-state index contributed by atoms with van der Waals surface area (Å²) in [4.78, 5) is 25.9. The number of carbonyl (C=O) groups is 2. The van der Waals surface area contributed by atoms with Gasteiger partial charge >= 0.3 is 0 Å². The van der Waals surface area contributed by atoms with E-state index in [1.165, 1.54) is 0 Å². The third-order valence-corrected chi connectivity index (χ3v) is 3.13. The topological polar surface area (TPSA) is 50.5 Å². The molecule has 0 fully saturated rings. The van der Waals surface area contributed by atoms with Crippen LogP contribution in [0.15, 0.2) is 46.9 Å². The van der Waals surface area contributed by atoms with Gasteiger partial charge in [-0.3, -0.25) is 9.59 Å². The molecule has 0 saturated carbocycles. The van der Waals surface area contributed by atoms with Crippen LogP contribution in [0.5, 0.6) is 0 Å². The number of ketones is 1. The van der Waals surface area contributed by atoms with Crippen LogP contribution in [0.2, 0.25) is 0 Å². The number of hydrogen-bond acceptors (Lipinski definition) is 3. The largest absolute Gasteiger partial charge is 0.447 e. The molecule has 104 valence electrons. The predicted octanol–water partition coefficient (Wildman–Crippen LogP) is 2.99. The first-order chi connectivity index (χ1) is 9.67. The molecule has 4 nitrogen and oxygen atoms in total. The summed E-state index contributed by atoms with van der Waals surface area (Å²) in [6, 6.07) is 12.0. The highest BCUT2D eigenvalue weighted by molar-refractivity contribution is 6.07. The molecule has 0 radical (unpaired) electrons. The average Bonchev–Trinajstić information content (AvgIpc) is 2.98. The van der Waals surface area contributed by atoms with Crippen LogP contribution in [0.1, 0.15) is 40.5 Å². The minimum Gasteiger partial charge on any atom is -0.447 e. The molecule has 0 N–H and O–H groups in total. The zero-order valence-electron chi connectivity index (χ0n) is 11.6. The molecule has 0 aliphatic carbocycles. The molecule has 1 aromatic carbocycles. The highest BCUT2D eigenvalue weighted by Crippen LogP contribution is 2.15. The minimum absolute atomic E-state index is 0.187. The molecular formula is C16H17NO3. The van der Waals surface area contributed by atoms with Crippen molar-refractivity contribution >= 4 is 11.7 Å². The van der Waals surface area contributed by atoms with Crippen LogP contribution in [-0.4, -0.2) is 29.7 Å². The third-order valence-electron chi connectivity index (χ3n) is 3.13. The lowest BCUT2D eigenvalue weighted by molar-refractivity contribution is 0.0738. The summed E-state index contributed by atoms with van der Waals surface area (Å²) in [6.45, 7) is 5.02. The standard InChI is InChI=1S/C16H17NO3/c1-3-17(4-2)16(19)14-11-10-13(20-14)15(18)12-8-6-5-7-9-12/h5-11H,3-4H2,1-2H3. The Labute approximate surface area is 118 Å². The summed E-state index contributed by atoms with van der Waals surface area (Å²) in [6.07, 6.45) is 0. The van der Waals surface area contributed by atoms with Gasteiger partial charge in [-0.2, -0.15) is 0 Å². The summed E-state index contributed by atoms with van der Waals surface area (Å²) >= 11 is 0. The smallest absolute Gasteiger partial charge is 0.289 e. The van der Waals surface area contributed by atoms with Crippen molar-refractivity contribution in [1.82, 2.24) is 4.90 Å². The van der Waals surface area contributed by atoms with Gasteiger partial charge in [-0.25, -0.2) is 0 Å². The van der Waals surface area contributed by atoms with E-state index in [0.29, 0.717) is 18.7 Å². The molecule has 0 atom stereocenters. The Kier molecular flexibility index (Phi) is 4.35. The van der Waals surface area contributed by atoms with Gasteiger partial charge in [0.15, 0.2) is 11.5 Å². The molecule has 2 rings (SSSR count). The molecule has 1 amide bonds. The fourth-order valence-corrected chi connectivity index (χ4v) is 1.97. The molecular weight excluding hydrogens is 254 g/mol. The van der Waals surface area contributed by atoms with E-state index in [1.807, 2.05) is 19.9 Å². The summed E-state index contributed by atoms with van der Waals surface area (Å²) in [5.74, 6) is -0.0222. The molecule has 0 aliphatic rings. The van der Waals surface area contributed by atoms with E-state index in [-0.39, 0.29) is 23.2 Å². The van der Waals surface area contributed by atoms with E-state index in [4.69, 9.17) is 4.42 Å². The second-order valence-electron chi connectivity index (χ2n) is 4.34. The maximum absolute atomic E-state index is 12.2. The molecule has 1 heterocycles. The normalized spacial score (nSPS) is 10.3. The van der Waals surface area contributed by atoms with Crippen LogP contribution in [0.25, 0.3) is 0 Å². The monoisotopic (exact) mass is 271 g/mol. The molecule has 2 aromatic rings. The quantitative estimate of drug-likeness (QED) is 0.785. The van der Waals surface area contributed by atoms with E-state index in [9.17, 15) is 9.59 Å². The molecule has 0 unspecified atom stereocenters. The summed E-state index contributed by atoms with van der Waals surface area (Å²) < 4.78 is 5.41. The zero-order chi connectivity index (χ0) is 14.5. The first-order valence-electron chi connectivity index (χ1n) is 6.66. The Balaban J connectivity index is 2.21. The first-order valence-corrected chi connectivity index (χ1v) is 6.66. The molecule has 0 saturated heterocycles. The maximum Gasteiger partial charge on any atom is 0.289 e. The van der Waals surface area contributed by atoms with Crippen molar-refractivity contribution in [1.29, 1.82) is 0 Å². The Morgan fingerprint density at radius 1 is 0.950 bits per heavy atom. The molecule has 0 spiro atoms. The van der Waals surface area contributed by atoms with Crippen LogP contribution in [-0.2, 0) is 0 Å². The van der Waals surface area contributed by atoms with Gasteiger partial charge in [0.05, 0.1) is 0 Å². The predicted molar refractivity (Wildman–Crippen MR) is 75.8 cm³/mol. The summed E-state index contributed by atoms with van der Waals surface area (Å²) in [5.41, 5.74) is 0.545. The van der Waals surface area contributed by atoms with Crippen molar-refractivity contribution in [2.45, 2.75) is 13.8 Å². The minimum atomic E-state index is -0.218. The Morgan fingerprint density at radius 2 is 1.55 bits per heavy atom. The fourth-order valence-electron chi connectivity index (χ4n) is 1.97. The van der Waals surface area contributed by atoms with Gasteiger partial charge in [-0.1, -0.05) is 30.3 Å². The number of nitrogens with zero attached hydrogens (tertiary/aromatic N) is 1. The van der Waals surface area contributed by atoms with E-state index in [0.717, 1.165) is 0 Å². The van der Waals surface area contributed by atoms with E-state index in [1.54, 1.807) is 41.3 Å².